The van der Waals surface area contributed by atoms with Gasteiger partial charge in [-0.3, -0.25) is 14.4 Å². The van der Waals surface area contributed by atoms with Crippen LogP contribution in [0, 0.1) is 11.3 Å². The maximum absolute atomic E-state index is 12.5. The van der Waals surface area contributed by atoms with E-state index in [0.717, 1.165) is 13.0 Å². The molecule has 0 aromatic rings. The number of primary amides is 1. The van der Waals surface area contributed by atoms with Crippen LogP contribution in [0.5, 0.6) is 0 Å². The van der Waals surface area contributed by atoms with Crippen molar-refractivity contribution in [3.63, 3.8) is 0 Å². The third-order valence-corrected chi connectivity index (χ3v) is 5.68. The Morgan fingerprint density at radius 1 is 1.35 bits per heavy atom. The monoisotopic (exact) mass is 322 g/mol. The van der Waals surface area contributed by atoms with Gasteiger partial charge in [0, 0.05) is 19.0 Å². The second kappa shape index (κ2) is 6.47. The summed E-state index contributed by atoms with van der Waals surface area (Å²) in [7, 11) is 0. The van der Waals surface area contributed by atoms with E-state index in [4.69, 9.17) is 5.73 Å². The van der Waals surface area contributed by atoms with Crippen LogP contribution in [0.1, 0.15) is 44.9 Å². The van der Waals surface area contributed by atoms with Gasteiger partial charge in [-0.15, -0.1) is 0 Å². The minimum atomic E-state index is -0.779. The molecule has 3 aliphatic rings. The molecule has 1 saturated carbocycles. The van der Waals surface area contributed by atoms with E-state index in [-0.39, 0.29) is 35.6 Å². The van der Waals surface area contributed by atoms with Crippen molar-refractivity contribution >= 4 is 17.7 Å². The molecular weight excluding hydrogens is 296 g/mol. The molecule has 0 radical (unpaired) electrons. The van der Waals surface area contributed by atoms with Crippen LogP contribution in [0.2, 0.25) is 0 Å². The van der Waals surface area contributed by atoms with Crippen LogP contribution in [-0.4, -0.2) is 42.9 Å². The summed E-state index contributed by atoms with van der Waals surface area (Å²) in [5, 5.41) is 8.79. The zero-order valence-electron chi connectivity index (χ0n) is 13.4. The number of nitrogens with two attached hydrogens (primary N) is 1. The first-order valence-corrected chi connectivity index (χ1v) is 8.60. The Morgan fingerprint density at radius 2 is 2.09 bits per heavy atom. The van der Waals surface area contributed by atoms with Gasteiger partial charge < -0.3 is 21.7 Å². The molecule has 23 heavy (non-hydrogen) atoms. The zero-order valence-corrected chi connectivity index (χ0v) is 13.4. The van der Waals surface area contributed by atoms with Crippen LogP contribution in [0.3, 0.4) is 0 Å². The number of nitrogens with one attached hydrogen (secondary N) is 3. The fraction of sp³-hybridized carbons (Fsp3) is 0.812. The van der Waals surface area contributed by atoms with Crippen molar-refractivity contribution in [1.29, 1.82) is 0 Å². The van der Waals surface area contributed by atoms with E-state index >= 15 is 0 Å². The largest absolute Gasteiger partial charge is 0.368 e. The van der Waals surface area contributed by atoms with Crippen molar-refractivity contribution < 1.29 is 14.4 Å². The number of amides is 3. The summed E-state index contributed by atoms with van der Waals surface area (Å²) in [4.78, 5) is 35.8. The minimum absolute atomic E-state index is 0.0607. The molecule has 3 fully saturated rings. The lowest BCUT2D eigenvalue weighted by Crippen LogP contribution is -2.51. The molecule has 1 aliphatic carbocycles. The summed E-state index contributed by atoms with van der Waals surface area (Å²) >= 11 is 0. The highest BCUT2D eigenvalue weighted by molar-refractivity contribution is 5.90. The van der Waals surface area contributed by atoms with E-state index in [1.54, 1.807) is 0 Å². The summed E-state index contributed by atoms with van der Waals surface area (Å²) in [6.45, 7) is 1.49. The van der Waals surface area contributed by atoms with Gasteiger partial charge in [-0.2, -0.15) is 0 Å². The first-order valence-electron chi connectivity index (χ1n) is 8.60. The molecule has 2 heterocycles. The molecule has 2 saturated heterocycles. The minimum Gasteiger partial charge on any atom is -0.368 e. The van der Waals surface area contributed by atoms with Gasteiger partial charge in [0.15, 0.2) is 0 Å². The molecule has 1 spiro atoms. The molecule has 3 amide bonds. The van der Waals surface area contributed by atoms with Crippen molar-refractivity contribution in [2.45, 2.75) is 57.0 Å². The summed E-state index contributed by atoms with van der Waals surface area (Å²) in [6.07, 6.45) is 6.60. The highest BCUT2D eigenvalue weighted by atomic mass is 16.2. The van der Waals surface area contributed by atoms with Crippen molar-refractivity contribution in [3.05, 3.63) is 0 Å². The van der Waals surface area contributed by atoms with Gasteiger partial charge in [-0.25, -0.2) is 0 Å². The van der Waals surface area contributed by atoms with E-state index in [1.807, 2.05) is 0 Å². The van der Waals surface area contributed by atoms with E-state index in [0.29, 0.717) is 13.0 Å². The average Bonchev–Trinajstić information content (AvgIpc) is 3.23. The molecule has 2 aliphatic heterocycles. The van der Waals surface area contributed by atoms with E-state index in [9.17, 15) is 14.4 Å². The van der Waals surface area contributed by atoms with Crippen molar-refractivity contribution in [1.82, 2.24) is 16.0 Å². The van der Waals surface area contributed by atoms with Crippen LogP contribution in [0.4, 0.5) is 0 Å². The smallest absolute Gasteiger partial charge is 0.240 e. The molecule has 0 aromatic carbocycles. The fourth-order valence-electron chi connectivity index (χ4n) is 4.28. The first kappa shape index (κ1) is 16.2. The molecule has 5 N–H and O–H groups in total. The average molecular weight is 322 g/mol. The van der Waals surface area contributed by atoms with Gasteiger partial charge in [0.05, 0.1) is 6.04 Å². The topological polar surface area (TPSA) is 113 Å². The molecule has 0 aromatic heterocycles. The Kier molecular flexibility index (Phi) is 4.57. The van der Waals surface area contributed by atoms with Crippen LogP contribution < -0.4 is 21.7 Å². The van der Waals surface area contributed by atoms with Crippen LogP contribution in [0.25, 0.3) is 0 Å². The first-order chi connectivity index (χ1) is 11.0. The maximum atomic E-state index is 12.5. The van der Waals surface area contributed by atoms with Gasteiger partial charge >= 0.3 is 0 Å². The lowest BCUT2D eigenvalue weighted by atomic mass is 9.84. The molecule has 128 valence electrons. The fourth-order valence-corrected chi connectivity index (χ4v) is 4.28. The van der Waals surface area contributed by atoms with Crippen LogP contribution in [-0.2, 0) is 14.4 Å². The lowest BCUT2D eigenvalue weighted by molar-refractivity contribution is -0.130. The lowest BCUT2D eigenvalue weighted by Gasteiger charge is -2.22. The highest BCUT2D eigenvalue weighted by Gasteiger charge is 2.43. The standard InChI is InChI=1S/C16H26N4O3/c17-13(21)11(7-10-3-6-18-14(10)22)20-15(23)12-8-16(9-19-12)4-1-2-5-16/h10-12,19H,1-9H2,(H2,17,21)(H,18,22)(H,20,23)/t10-,11-,12?/m0/s1. The number of rotatable bonds is 5. The molecule has 3 rings (SSSR count). The Morgan fingerprint density at radius 3 is 2.70 bits per heavy atom. The van der Waals surface area contributed by atoms with Gasteiger partial charge in [0.1, 0.15) is 6.04 Å². The summed E-state index contributed by atoms with van der Waals surface area (Å²) < 4.78 is 0. The second-order valence-electron chi connectivity index (χ2n) is 7.32. The highest BCUT2D eigenvalue weighted by Crippen LogP contribution is 2.44. The molecular formula is C16H26N4O3. The van der Waals surface area contributed by atoms with E-state index < -0.39 is 11.9 Å². The summed E-state index contributed by atoms with van der Waals surface area (Å²) in [6, 6.07) is -1.04. The van der Waals surface area contributed by atoms with Crippen molar-refractivity contribution in [2.75, 3.05) is 13.1 Å². The number of hydrogen-bond acceptors (Lipinski definition) is 4. The number of carbonyl (C=O) groups excluding carboxylic acids is 3. The van der Waals surface area contributed by atoms with Gasteiger partial charge in [0.2, 0.25) is 17.7 Å². The number of hydrogen-bond donors (Lipinski definition) is 4. The van der Waals surface area contributed by atoms with E-state index in [1.165, 1.54) is 25.7 Å². The SMILES string of the molecule is NC(=O)[C@H](C[C@@H]1CCNC1=O)NC(=O)C1CC2(CCCC2)CN1. The molecule has 7 nitrogen and oxygen atoms in total. The molecule has 0 bridgehead atoms. The summed E-state index contributed by atoms with van der Waals surface area (Å²) in [5.74, 6) is -1.05. The van der Waals surface area contributed by atoms with Gasteiger partial charge in [-0.05, 0) is 37.5 Å². The summed E-state index contributed by atoms with van der Waals surface area (Å²) in [5.41, 5.74) is 5.68. The zero-order chi connectivity index (χ0) is 16.4. The maximum Gasteiger partial charge on any atom is 0.240 e. The Balaban J connectivity index is 1.56. The van der Waals surface area contributed by atoms with Crippen molar-refractivity contribution in [2.24, 2.45) is 17.1 Å². The third-order valence-electron chi connectivity index (χ3n) is 5.68. The van der Waals surface area contributed by atoms with Gasteiger partial charge in [0.25, 0.3) is 0 Å². The van der Waals surface area contributed by atoms with Crippen LogP contribution in [0.15, 0.2) is 0 Å². The molecule has 3 atom stereocenters. The predicted molar refractivity (Wildman–Crippen MR) is 84.2 cm³/mol. The predicted octanol–water partition coefficient (Wildman–Crippen LogP) is -0.595. The normalized spacial score (nSPS) is 30.3. The Hall–Kier alpha value is -1.63. The molecule has 7 heteroatoms. The second-order valence-corrected chi connectivity index (χ2v) is 7.32. The Labute approximate surface area is 136 Å². The number of carbonyl (C=O) groups is 3. The molecule has 1 unspecified atom stereocenters. The van der Waals surface area contributed by atoms with Gasteiger partial charge in [-0.1, -0.05) is 12.8 Å². The van der Waals surface area contributed by atoms with Crippen molar-refractivity contribution in [3.8, 4) is 0 Å². The van der Waals surface area contributed by atoms with E-state index in [2.05, 4.69) is 16.0 Å². The Bertz CT molecular complexity index is 502. The third kappa shape index (κ3) is 3.49. The van der Waals surface area contributed by atoms with Crippen LogP contribution >= 0.6 is 0 Å². The quantitative estimate of drug-likeness (QED) is 0.541.